The van der Waals surface area contributed by atoms with Gasteiger partial charge in [-0.05, 0) is 23.6 Å². The lowest BCUT2D eigenvalue weighted by molar-refractivity contribution is 0.596. The highest BCUT2D eigenvalue weighted by Crippen LogP contribution is 2.20. The summed E-state index contributed by atoms with van der Waals surface area (Å²) in [4.78, 5) is 0. The highest BCUT2D eigenvalue weighted by atomic mass is 79.9. The third kappa shape index (κ3) is 2.65. The maximum atomic E-state index is 11.1. The van der Waals surface area contributed by atoms with E-state index in [1.807, 2.05) is 35.0 Å². The Kier molecular flexibility index (Phi) is 3.08. The van der Waals surface area contributed by atoms with Gasteiger partial charge in [-0.1, -0.05) is 22.0 Å². The van der Waals surface area contributed by atoms with E-state index in [0.29, 0.717) is 6.54 Å². The van der Waals surface area contributed by atoms with E-state index in [2.05, 4.69) is 15.9 Å². The molecule has 2 rings (SSSR count). The zero-order chi connectivity index (χ0) is 11.8. The molecule has 1 heterocycles. The number of halogens is 1. The van der Waals surface area contributed by atoms with Crippen molar-refractivity contribution in [3.8, 4) is 0 Å². The largest absolute Gasteiger partial charge is 0.346 e. The van der Waals surface area contributed by atoms with Crippen molar-refractivity contribution >= 4 is 36.7 Å². The molecule has 1 aromatic carbocycles. The smallest absolute Gasteiger partial charge is 0.149 e. The van der Waals surface area contributed by atoms with E-state index < -0.39 is 9.84 Å². The summed E-state index contributed by atoms with van der Waals surface area (Å²) in [7, 11) is -2.91. The Balaban J connectivity index is 2.34. The van der Waals surface area contributed by atoms with Crippen molar-refractivity contribution in [2.45, 2.75) is 6.54 Å². The Morgan fingerprint density at radius 3 is 2.75 bits per heavy atom. The number of nitrogens with zero attached hydrogens (tertiary/aromatic N) is 1. The number of aryl methyl sites for hydroxylation is 1. The zero-order valence-corrected chi connectivity index (χ0v) is 11.3. The van der Waals surface area contributed by atoms with E-state index >= 15 is 0 Å². The Morgan fingerprint density at radius 2 is 2.06 bits per heavy atom. The number of sulfone groups is 1. The van der Waals surface area contributed by atoms with Gasteiger partial charge in [0.1, 0.15) is 9.84 Å². The minimum atomic E-state index is -2.91. The molecule has 0 aliphatic rings. The molecule has 0 radical (unpaired) electrons. The third-order valence-corrected chi connectivity index (χ3v) is 3.86. The van der Waals surface area contributed by atoms with Crippen molar-refractivity contribution in [1.29, 1.82) is 0 Å². The molecule has 0 amide bonds. The average Bonchev–Trinajstić information content (AvgIpc) is 2.56. The van der Waals surface area contributed by atoms with E-state index in [0.717, 1.165) is 15.4 Å². The van der Waals surface area contributed by atoms with Crippen LogP contribution in [0.2, 0.25) is 0 Å². The van der Waals surface area contributed by atoms with Crippen LogP contribution in [-0.2, 0) is 16.4 Å². The highest BCUT2D eigenvalue weighted by molar-refractivity contribution is 9.10. The number of rotatable bonds is 3. The van der Waals surface area contributed by atoms with E-state index in [1.54, 1.807) is 0 Å². The molecule has 0 bridgehead atoms. The highest BCUT2D eigenvalue weighted by Gasteiger charge is 2.05. The Labute approximate surface area is 103 Å². The van der Waals surface area contributed by atoms with Gasteiger partial charge in [0.2, 0.25) is 0 Å². The zero-order valence-electron chi connectivity index (χ0n) is 8.85. The van der Waals surface area contributed by atoms with E-state index in [4.69, 9.17) is 0 Å². The van der Waals surface area contributed by atoms with Crippen molar-refractivity contribution in [3.63, 3.8) is 0 Å². The first-order valence-electron chi connectivity index (χ1n) is 4.88. The normalized spacial score (nSPS) is 12.1. The summed E-state index contributed by atoms with van der Waals surface area (Å²) >= 11 is 3.41. The van der Waals surface area contributed by atoms with Gasteiger partial charge in [0.05, 0.1) is 5.75 Å². The molecule has 0 unspecified atom stereocenters. The summed E-state index contributed by atoms with van der Waals surface area (Å²) < 4.78 is 25.2. The fourth-order valence-electron chi connectivity index (χ4n) is 1.62. The van der Waals surface area contributed by atoms with Crippen molar-refractivity contribution in [2.24, 2.45) is 0 Å². The quantitative estimate of drug-likeness (QED) is 0.873. The van der Waals surface area contributed by atoms with Crippen molar-refractivity contribution in [1.82, 2.24) is 4.57 Å². The first-order valence-corrected chi connectivity index (χ1v) is 7.73. The van der Waals surface area contributed by atoms with Crippen LogP contribution in [0.15, 0.2) is 34.9 Å². The lowest BCUT2D eigenvalue weighted by atomic mass is 10.2. The molecule has 5 heteroatoms. The van der Waals surface area contributed by atoms with E-state index in [9.17, 15) is 8.42 Å². The van der Waals surface area contributed by atoms with Crippen LogP contribution in [0.5, 0.6) is 0 Å². The minimum absolute atomic E-state index is 0.170. The number of hydrogen-bond donors (Lipinski definition) is 0. The lowest BCUT2D eigenvalue weighted by Crippen LogP contribution is -2.10. The summed E-state index contributed by atoms with van der Waals surface area (Å²) in [5.74, 6) is 0.170. The van der Waals surface area contributed by atoms with Crippen LogP contribution in [0.3, 0.4) is 0 Å². The molecule has 0 aliphatic heterocycles. The molecule has 0 N–H and O–H groups in total. The topological polar surface area (TPSA) is 39.1 Å². The van der Waals surface area contributed by atoms with Gasteiger partial charge in [0.25, 0.3) is 0 Å². The summed E-state index contributed by atoms with van der Waals surface area (Å²) in [5, 5.41) is 1.12. The SMILES string of the molecule is CS(=O)(=O)CCn1ccc2ccc(Br)cc21. The van der Waals surface area contributed by atoms with Crippen LogP contribution in [0, 0.1) is 0 Å². The summed E-state index contributed by atoms with van der Waals surface area (Å²) in [6.45, 7) is 0.499. The number of hydrogen-bond acceptors (Lipinski definition) is 2. The van der Waals surface area contributed by atoms with Gasteiger partial charge >= 0.3 is 0 Å². The van der Waals surface area contributed by atoms with Crippen LogP contribution in [0.1, 0.15) is 0 Å². The molecule has 0 fully saturated rings. The number of benzene rings is 1. The molecular formula is C11H12BrNO2S. The summed E-state index contributed by atoms with van der Waals surface area (Å²) in [6.07, 6.45) is 3.18. The molecule has 2 aromatic rings. The first kappa shape index (κ1) is 11.7. The monoisotopic (exact) mass is 301 g/mol. The van der Waals surface area contributed by atoms with Crippen molar-refractivity contribution < 1.29 is 8.42 Å². The third-order valence-electron chi connectivity index (χ3n) is 2.44. The fraction of sp³-hybridized carbons (Fsp3) is 0.273. The minimum Gasteiger partial charge on any atom is -0.346 e. The standard InChI is InChI=1S/C11H12BrNO2S/c1-16(14,15)7-6-13-5-4-9-2-3-10(12)8-11(9)13/h2-5,8H,6-7H2,1H3. The van der Waals surface area contributed by atoms with Crippen LogP contribution < -0.4 is 0 Å². The van der Waals surface area contributed by atoms with Crippen LogP contribution in [-0.4, -0.2) is 25.0 Å². The molecule has 0 saturated heterocycles. The van der Waals surface area contributed by atoms with E-state index in [-0.39, 0.29) is 5.75 Å². The van der Waals surface area contributed by atoms with Crippen LogP contribution in [0.4, 0.5) is 0 Å². The number of fused-ring (bicyclic) bond motifs is 1. The second-order valence-corrected chi connectivity index (χ2v) is 7.02. The maximum Gasteiger partial charge on any atom is 0.149 e. The van der Waals surface area contributed by atoms with Crippen LogP contribution >= 0.6 is 15.9 Å². The van der Waals surface area contributed by atoms with Crippen LogP contribution in [0.25, 0.3) is 10.9 Å². The molecule has 0 spiro atoms. The fourth-order valence-corrected chi connectivity index (χ4v) is 2.49. The second-order valence-electron chi connectivity index (χ2n) is 3.84. The summed E-state index contributed by atoms with van der Waals surface area (Å²) in [6, 6.07) is 7.97. The predicted octanol–water partition coefficient (Wildman–Crippen LogP) is 2.45. The molecule has 16 heavy (non-hydrogen) atoms. The van der Waals surface area contributed by atoms with Crippen molar-refractivity contribution in [2.75, 3.05) is 12.0 Å². The molecule has 0 aliphatic carbocycles. The average molecular weight is 302 g/mol. The van der Waals surface area contributed by atoms with Gasteiger partial charge in [0.15, 0.2) is 0 Å². The Morgan fingerprint density at radius 1 is 1.31 bits per heavy atom. The number of aromatic nitrogens is 1. The lowest BCUT2D eigenvalue weighted by Gasteiger charge is -2.04. The summed E-state index contributed by atoms with van der Waals surface area (Å²) in [5.41, 5.74) is 1.05. The Bertz CT molecular complexity index is 616. The molecule has 0 atom stereocenters. The molecule has 1 aromatic heterocycles. The second kappa shape index (κ2) is 4.22. The van der Waals surface area contributed by atoms with Gasteiger partial charge in [-0.2, -0.15) is 0 Å². The molecule has 3 nitrogen and oxygen atoms in total. The molecular weight excluding hydrogens is 290 g/mol. The van der Waals surface area contributed by atoms with Gasteiger partial charge in [0, 0.05) is 29.0 Å². The van der Waals surface area contributed by atoms with E-state index in [1.165, 1.54) is 6.26 Å². The predicted molar refractivity (Wildman–Crippen MR) is 69.3 cm³/mol. The van der Waals surface area contributed by atoms with Gasteiger partial charge in [-0.25, -0.2) is 8.42 Å². The first-order chi connectivity index (χ1) is 7.46. The van der Waals surface area contributed by atoms with Gasteiger partial charge in [-0.15, -0.1) is 0 Å². The maximum absolute atomic E-state index is 11.1. The Hall–Kier alpha value is -0.810. The van der Waals surface area contributed by atoms with Gasteiger partial charge in [-0.3, -0.25) is 0 Å². The van der Waals surface area contributed by atoms with Gasteiger partial charge < -0.3 is 4.57 Å². The molecule has 0 saturated carbocycles. The van der Waals surface area contributed by atoms with Crippen molar-refractivity contribution in [3.05, 3.63) is 34.9 Å². The molecule has 86 valence electrons.